The molecule has 5 nitrogen and oxygen atoms in total. The van der Waals surface area contributed by atoms with Crippen LogP contribution in [0.25, 0.3) is 0 Å². The number of nitrogens with zero attached hydrogens (tertiary/aromatic N) is 1. The van der Waals surface area contributed by atoms with E-state index >= 15 is 0 Å². The second-order valence-electron chi connectivity index (χ2n) is 1.52. The van der Waals surface area contributed by atoms with Gasteiger partial charge in [0.05, 0.1) is 2.74 Å². The maximum atomic E-state index is 10.8. The molecule has 0 atom stereocenters. The van der Waals surface area contributed by atoms with E-state index in [9.17, 15) is 9.59 Å². The molecule has 52 valence electrons. The monoisotopic (exact) mass is 141 g/mol. The number of primary amides is 1. The van der Waals surface area contributed by atoms with Gasteiger partial charge in [-0.1, -0.05) is 0 Å². The van der Waals surface area contributed by atoms with Crippen molar-refractivity contribution in [1.29, 1.82) is 0 Å². The number of rotatable bonds is 1. The van der Waals surface area contributed by atoms with Crippen LogP contribution in [0.3, 0.4) is 0 Å². The highest BCUT2D eigenvalue weighted by atomic mass is 16.2. The molecule has 0 aliphatic heterocycles. The molecule has 0 saturated carbocycles. The minimum absolute atomic E-state index is 0.440. The molecule has 0 bridgehead atoms. The highest BCUT2D eigenvalue weighted by Crippen LogP contribution is 1.77. The van der Waals surface area contributed by atoms with Crippen molar-refractivity contribution in [1.82, 2.24) is 9.97 Å². The topological polar surface area (TPSA) is 88.8 Å². The molecule has 0 aromatic carbocycles. The Morgan fingerprint density at radius 3 is 3.20 bits per heavy atom. The third-order valence-corrected chi connectivity index (χ3v) is 0.848. The summed E-state index contributed by atoms with van der Waals surface area (Å²) in [6.45, 7) is 0. The number of H-pyrrole nitrogens is 1. The van der Waals surface area contributed by atoms with Crippen molar-refractivity contribution in [3.05, 3.63) is 28.4 Å². The summed E-state index contributed by atoms with van der Waals surface area (Å²) >= 11 is 0. The highest BCUT2D eigenvalue weighted by Gasteiger charge is 2.04. The van der Waals surface area contributed by atoms with Gasteiger partial charge in [0.25, 0.3) is 11.5 Å². The number of aromatic amines is 1. The Bertz CT molecular complexity index is 387. The molecular weight excluding hydrogens is 134 g/mol. The average molecular weight is 141 g/mol. The first-order valence-electron chi connectivity index (χ1n) is 3.39. The number of aromatic nitrogens is 2. The summed E-state index contributed by atoms with van der Waals surface area (Å²) in [5.74, 6) is -1.01. The fourth-order valence-electron chi connectivity index (χ4n) is 0.446. The molecule has 0 fully saturated rings. The quantitative estimate of drug-likeness (QED) is 0.518. The predicted molar refractivity (Wildman–Crippen MR) is 33.4 cm³/mol. The number of nitrogens with two attached hydrogens (primary N) is 1. The highest BCUT2D eigenvalue weighted by molar-refractivity contribution is 5.90. The molecular formula is C5H5N3O2. The summed E-state index contributed by atoms with van der Waals surface area (Å²) < 4.78 is 13.9. The van der Waals surface area contributed by atoms with Crippen LogP contribution >= 0.6 is 0 Å². The molecule has 1 heterocycles. The lowest BCUT2D eigenvalue weighted by atomic mass is 10.4. The van der Waals surface area contributed by atoms with E-state index in [-0.39, 0.29) is 0 Å². The largest absolute Gasteiger partial charge is 0.364 e. The Morgan fingerprint density at radius 1 is 1.90 bits per heavy atom. The second-order valence-corrected chi connectivity index (χ2v) is 1.52. The van der Waals surface area contributed by atoms with Gasteiger partial charge in [0.1, 0.15) is 0 Å². The lowest BCUT2D eigenvalue weighted by Crippen LogP contribution is -2.24. The van der Waals surface area contributed by atoms with E-state index in [1.807, 2.05) is 4.98 Å². The zero-order valence-corrected chi connectivity index (χ0v) is 4.84. The van der Waals surface area contributed by atoms with Gasteiger partial charge >= 0.3 is 0 Å². The molecule has 1 aromatic heterocycles. The predicted octanol–water partition coefficient (Wildman–Crippen LogP) is -1.13. The molecule has 0 aliphatic rings. The van der Waals surface area contributed by atoms with Gasteiger partial charge in [0, 0.05) is 12.3 Å². The van der Waals surface area contributed by atoms with Gasteiger partial charge in [-0.2, -0.15) is 0 Å². The Labute approximate surface area is 58.7 Å². The van der Waals surface area contributed by atoms with Gasteiger partial charge in [-0.15, -0.1) is 0 Å². The van der Waals surface area contributed by atoms with Crippen LogP contribution in [0.15, 0.2) is 17.1 Å². The summed E-state index contributed by atoms with van der Waals surface area (Å²) in [5, 5.41) is 0. The molecule has 0 unspecified atom stereocenters. The number of amides is 1. The lowest BCUT2D eigenvalue weighted by Gasteiger charge is -1.88. The summed E-state index contributed by atoms with van der Waals surface area (Å²) in [7, 11) is 0. The second kappa shape index (κ2) is 2.30. The van der Waals surface area contributed by atoms with Crippen molar-refractivity contribution in [2.75, 3.05) is 0 Å². The first kappa shape index (κ1) is 4.21. The van der Waals surface area contributed by atoms with Gasteiger partial charge in [-0.25, -0.2) is 4.98 Å². The van der Waals surface area contributed by atoms with E-state index in [4.69, 9.17) is 8.48 Å². The van der Waals surface area contributed by atoms with Crippen molar-refractivity contribution in [3.8, 4) is 0 Å². The number of hydrogen-bond donors (Lipinski definition) is 2. The molecule has 3 N–H and O–H groups in total. The van der Waals surface area contributed by atoms with Gasteiger partial charge < -0.3 is 10.7 Å². The van der Waals surface area contributed by atoms with Crippen molar-refractivity contribution in [2.45, 2.75) is 0 Å². The van der Waals surface area contributed by atoms with Gasteiger partial charge in [0.15, 0.2) is 5.69 Å². The number of carbonyl (C=O) groups is 1. The smallest absolute Gasteiger partial charge is 0.279 e. The first-order valence-corrected chi connectivity index (χ1v) is 2.39. The number of hydrogen-bond acceptors (Lipinski definition) is 3. The molecule has 5 heteroatoms. The van der Waals surface area contributed by atoms with Crippen LogP contribution in [0.5, 0.6) is 0 Å². The summed E-state index contributed by atoms with van der Waals surface area (Å²) in [6.07, 6.45) is -0.923. The third-order valence-electron chi connectivity index (χ3n) is 0.848. The Hall–Kier alpha value is -1.65. The normalized spacial score (nSPS) is 12.0. The summed E-state index contributed by atoms with van der Waals surface area (Å²) in [5.41, 5.74) is 3.38. The van der Waals surface area contributed by atoms with E-state index < -0.39 is 29.5 Å². The van der Waals surface area contributed by atoms with E-state index in [0.29, 0.717) is 0 Å². The Kier molecular flexibility index (Phi) is 0.969. The molecule has 1 rings (SSSR count). The van der Waals surface area contributed by atoms with Gasteiger partial charge in [-0.05, 0) is 0 Å². The van der Waals surface area contributed by atoms with E-state index in [2.05, 4.69) is 4.98 Å². The third kappa shape index (κ3) is 1.02. The minimum Gasteiger partial charge on any atom is -0.364 e. The molecule has 10 heavy (non-hydrogen) atoms. The van der Waals surface area contributed by atoms with E-state index in [1.54, 1.807) is 0 Å². The fourth-order valence-corrected chi connectivity index (χ4v) is 0.446. The molecule has 0 radical (unpaired) electrons. The van der Waals surface area contributed by atoms with E-state index in [1.165, 1.54) is 0 Å². The zero-order chi connectivity index (χ0) is 9.30. The molecule has 1 aromatic rings. The molecule has 0 aliphatic carbocycles. The van der Waals surface area contributed by atoms with E-state index in [0.717, 1.165) is 0 Å². The summed E-state index contributed by atoms with van der Waals surface area (Å²) in [4.78, 5) is 26.5. The number of carbonyl (C=O) groups excluding carboxylic acids is 1. The Balaban J connectivity index is 3.43. The van der Waals surface area contributed by atoms with Gasteiger partial charge in [0.2, 0.25) is 0 Å². The van der Waals surface area contributed by atoms with Crippen LogP contribution < -0.4 is 11.3 Å². The van der Waals surface area contributed by atoms with Crippen molar-refractivity contribution in [2.24, 2.45) is 5.73 Å². The summed E-state index contributed by atoms with van der Waals surface area (Å²) in [6, 6.07) is 0. The van der Waals surface area contributed by atoms with Crippen LogP contribution in [0.1, 0.15) is 13.2 Å². The molecule has 1 amide bonds. The van der Waals surface area contributed by atoms with Crippen molar-refractivity contribution < 1.29 is 7.54 Å². The first-order chi connectivity index (χ1) is 5.52. The minimum atomic E-state index is -1.01. The van der Waals surface area contributed by atoms with Crippen LogP contribution in [0.2, 0.25) is 0 Å². The van der Waals surface area contributed by atoms with Crippen molar-refractivity contribution >= 4 is 5.91 Å². The maximum Gasteiger partial charge on any atom is 0.279 e. The molecule has 0 saturated heterocycles. The Morgan fingerprint density at radius 2 is 2.60 bits per heavy atom. The maximum absolute atomic E-state index is 10.8. The SMILES string of the molecule is [2H]c1nc(C(N)=O)c(=O)[nH]c1[2H]. The van der Waals surface area contributed by atoms with Crippen LogP contribution in [0.4, 0.5) is 0 Å². The fraction of sp³-hybridized carbons (Fsp3) is 0. The van der Waals surface area contributed by atoms with Crippen LogP contribution in [0, 0.1) is 0 Å². The molecule has 0 spiro atoms. The number of nitrogens with one attached hydrogen (secondary N) is 1. The van der Waals surface area contributed by atoms with Crippen LogP contribution in [-0.2, 0) is 0 Å². The standard InChI is InChI=1S/C5H5N3O2/c6-4(9)3-5(10)8-2-1-7-3/h1-2H,(H2,6,9)(H,8,10)/i1D,2D. The average Bonchev–Trinajstić information content (AvgIpc) is 1.96. The van der Waals surface area contributed by atoms with Gasteiger partial charge in [-0.3, -0.25) is 9.59 Å². The lowest BCUT2D eigenvalue weighted by molar-refractivity contribution is 0.0994. The van der Waals surface area contributed by atoms with Crippen LogP contribution in [-0.4, -0.2) is 15.9 Å². The van der Waals surface area contributed by atoms with Crippen molar-refractivity contribution in [3.63, 3.8) is 0 Å². The zero-order valence-electron chi connectivity index (χ0n) is 6.84.